The summed E-state index contributed by atoms with van der Waals surface area (Å²) in [5.41, 5.74) is 5.78. The number of benzene rings is 3. The Morgan fingerprint density at radius 3 is 2.06 bits per heavy atom. The van der Waals surface area contributed by atoms with Crippen molar-refractivity contribution in [2.24, 2.45) is 0 Å². The highest BCUT2D eigenvalue weighted by Gasteiger charge is 2.44. The summed E-state index contributed by atoms with van der Waals surface area (Å²) >= 11 is 2.41. The zero-order valence-electron chi connectivity index (χ0n) is 17.5. The summed E-state index contributed by atoms with van der Waals surface area (Å²) in [6.07, 6.45) is 2.46. The molecule has 0 saturated heterocycles. The number of nitrogens with one attached hydrogen (secondary N) is 1. The molecule has 3 N–H and O–H groups in total. The Labute approximate surface area is 199 Å². The van der Waals surface area contributed by atoms with Crippen molar-refractivity contribution in [2.45, 2.75) is 11.8 Å². The van der Waals surface area contributed by atoms with Crippen molar-refractivity contribution in [3.05, 3.63) is 86.6 Å². The summed E-state index contributed by atoms with van der Waals surface area (Å²) in [7, 11) is 3.09. The predicted octanol–water partition coefficient (Wildman–Crippen LogP) is 5.00. The number of phenols is 2. The number of phenolic OH excluding ortho intramolecular Hbond substituents is 2. The van der Waals surface area contributed by atoms with Gasteiger partial charge in [-0.1, -0.05) is 12.1 Å². The molecule has 2 bridgehead atoms. The van der Waals surface area contributed by atoms with Crippen LogP contribution in [0.5, 0.6) is 23.0 Å². The van der Waals surface area contributed by atoms with Crippen LogP contribution in [0.1, 0.15) is 22.3 Å². The number of halogens is 1. The maximum Gasteiger partial charge on any atom is 0.160 e. The molecule has 0 amide bonds. The quantitative estimate of drug-likeness (QED) is 0.310. The van der Waals surface area contributed by atoms with Crippen LogP contribution in [-0.4, -0.2) is 34.6 Å². The Kier molecular flexibility index (Phi) is 5.00. The standard InChI is InChI=1S/C25H21IN2O4/c1-31-22-11-16(3-5-20(22)29)25(17-4-6-21(30)23(12-17)32-2)13-15-9-14(10-18(25)24(15)26)19-7-8-27-28-19/h3-12,29-30H,13H2,1-2H3,(H,27,28). The third-order valence-corrected chi connectivity index (χ3v) is 7.49. The van der Waals surface area contributed by atoms with Gasteiger partial charge in [-0.05, 0) is 93.7 Å². The van der Waals surface area contributed by atoms with Gasteiger partial charge < -0.3 is 19.7 Å². The minimum absolute atomic E-state index is 0.0900. The zero-order chi connectivity index (χ0) is 22.5. The molecule has 0 unspecified atom stereocenters. The molecule has 1 aliphatic rings. The third-order valence-electron chi connectivity index (χ3n) is 6.22. The molecular formula is C25H21IN2O4. The Balaban J connectivity index is 1.81. The Hall–Kier alpha value is -3.20. The topological polar surface area (TPSA) is 87.6 Å². The van der Waals surface area contributed by atoms with Crippen LogP contribution >= 0.6 is 22.6 Å². The molecule has 5 rings (SSSR count). The van der Waals surface area contributed by atoms with Crippen molar-refractivity contribution >= 4 is 22.6 Å². The predicted molar refractivity (Wildman–Crippen MR) is 130 cm³/mol. The Morgan fingerprint density at radius 2 is 1.53 bits per heavy atom. The van der Waals surface area contributed by atoms with Gasteiger partial charge in [0.15, 0.2) is 23.0 Å². The van der Waals surface area contributed by atoms with Gasteiger partial charge >= 0.3 is 0 Å². The van der Waals surface area contributed by atoms with Gasteiger partial charge in [0.1, 0.15) is 0 Å². The molecule has 0 saturated carbocycles. The van der Waals surface area contributed by atoms with Crippen molar-refractivity contribution in [1.29, 1.82) is 0 Å². The van der Waals surface area contributed by atoms with E-state index in [9.17, 15) is 10.2 Å². The monoisotopic (exact) mass is 540 g/mol. The zero-order valence-corrected chi connectivity index (χ0v) is 19.7. The summed E-state index contributed by atoms with van der Waals surface area (Å²) in [6, 6.07) is 17.3. The van der Waals surface area contributed by atoms with Crippen molar-refractivity contribution in [1.82, 2.24) is 10.2 Å². The maximum atomic E-state index is 10.2. The number of methoxy groups -OCH3 is 2. The van der Waals surface area contributed by atoms with Crippen molar-refractivity contribution < 1.29 is 19.7 Å². The maximum absolute atomic E-state index is 10.2. The molecule has 0 atom stereocenters. The number of hydrogen-bond donors (Lipinski definition) is 3. The van der Waals surface area contributed by atoms with Crippen molar-refractivity contribution in [3.8, 4) is 34.3 Å². The van der Waals surface area contributed by atoms with E-state index in [0.29, 0.717) is 11.5 Å². The van der Waals surface area contributed by atoms with Crippen LogP contribution in [-0.2, 0) is 11.8 Å². The number of aromatic amines is 1. The van der Waals surface area contributed by atoms with Gasteiger partial charge in [-0.3, -0.25) is 5.10 Å². The smallest absolute Gasteiger partial charge is 0.160 e. The van der Waals surface area contributed by atoms with Gasteiger partial charge in [-0.15, -0.1) is 0 Å². The van der Waals surface area contributed by atoms with Crippen molar-refractivity contribution in [3.63, 3.8) is 0 Å². The number of rotatable bonds is 5. The van der Waals surface area contributed by atoms with Crippen LogP contribution in [0.15, 0.2) is 60.8 Å². The fourth-order valence-corrected chi connectivity index (χ4v) is 5.61. The molecule has 4 aromatic rings. The highest BCUT2D eigenvalue weighted by Crippen LogP contribution is 2.53. The summed E-state index contributed by atoms with van der Waals surface area (Å²) in [5, 5.41) is 27.6. The normalized spacial score (nSPS) is 13.8. The van der Waals surface area contributed by atoms with Crippen LogP contribution in [0.25, 0.3) is 11.3 Å². The minimum Gasteiger partial charge on any atom is -0.504 e. The largest absolute Gasteiger partial charge is 0.504 e. The van der Waals surface area contributed by atoms with Gasteiger partial charge in [0.05, 0.1) is 25.3 Å². The molecular weight excluding hydrogens is 519 g/mol. The lowest BCUT2D eigenvalue weighted by atomic mass is 9.70. The Bertz CT molecular complexity index is 1260. The van der Waals surface area contributed by atoms with Crippen molar-refractivity contribution in [2.75, 3.05) is 14.2 Å². The first-order valence-corrected chi connectivity index (χ1v) is 11.1. The first kappa shape index (κ1) is 20.7. The first-order valence-electron chi connectivity index (χ1n) is 10.1. The van der Waals surface area contributed by atoms with Gasteiger partial charge in [0.25, 0.3) is 0 Å². The van der Waals surface area contributed by atoms with E-state index in [4.69, 9.17) is 9.47 Å². The Morgan fingerprint density at radius 1 is 0.906 bits per heavy atom. The van der Waals surface area contributed by atoms with Gasteiger partial charge in [0.2, 0.25) is 0 Å². The number of H-pyrrole nitrogens is 1. The van der Waals surface area contributed by atoms with E-state index in [1.54, 1.807) is 32.5 Å². The summed E-state index contributed by atoms with van der Waals surface area (Å²) in [4.78, 5) is 0. The van der Waals surface area contributed by atoms with E-state index in [1.165, 1.54) is 9.13 Å². The molecule has 0 fully saturated rings. The summed E-state index contributed by atoms with van der Waals surface area (Å²) in [5.74, 6) is 1.01. The molecule has 1 heterocycles. The third kappa shape index (κ3) is 3.02. The number of aromatic nitrogens is 2. The fraction of sp³-hybridized carbons (Fsp3) is 0.160. The number of hydrogen-bond acceptors (Lipinski definition) is 5. The highest BCUT2D eigenvalue weighted by atomic mass is 127. The molecule has 1 aliphatic carbocycles. The molecule has 0 aliphatic heterocycles. The van der Waals surface area contributed by atoms with E-state index < -0.39 is 5.41 Å². The molecule has 0 radical (unpaired) electrons. The molecule has 32 heavy (non-hydrogen) atoms. The lowest BCUT2D eigenvalue weighted by Crippen LogP contribution is -2.28. The van der Waals surface area contributed by atoms with E-state index in [1.807, 2.05) is 30.3 Å². The molecule has 1 aromatic heterocycles. The van der Waals surface area contributed by atoms with Crippen LogP contribution in [0.4, 0.5) is 0 Å². The summed E-state index contributed by atoms with van der Waals surface area (Å²) in [6.45, 7) is 0. The second kappa shape index (κ2) is 7.74. The van der Waals surface area contributed by atoms with E-state index in [-0.39, 0.29) is 11.5 Å². The van der Waals surface area contributed by atoms with Gasteiger partial charge in [0, 0.05) is 15.3 Å². The second-order valence-electron chi connectivity index (χ2n) is 7.82. The van der Waals surface area contributed by atoms with Crippen LogP contribution < -0.4 is 9.47 Å². The average molecular weight is 540 g/mol. The molecule has 0 spiro atoms. The molecule has 162 valence electrons. The lowest BCUT2D eigenvalue weighted by molar-refractivity contribution is 0.370. The first-order chi connectivity index (χ1) is 15.5. The van der Waals surface area contributed by atoms with E-state index in [2.05, 4.69) is 44.9 Å². The summed E-state index contributed by atoms with van der Waals surface area (Å²) < 4.78 is 12.0. The lowest BCUT2D eigenvalue weighted by Gasteiger charge is -2.32. The second-order valence-corrected chi connectivity index (χ2v) is 8.90. The minimum atomic E-state index is -0.550. The van der Waals surface area contributed by atoms with Crippen LogP contribution in [0, 0.1) is 3.57 Å². The highest BCUT2D eigenvalue weighted by molar-refractivity contribution is 14.1. The van der Waals surface area contributed by atoms with Gasteiger partial charge in [-0.25, -0.2) is 0 Å². The average Bonchev–Trinajstić information content (AvgIpc) is 3.38. The van der Waals surface area contributed by atoms with E-state index >= 15 is 0 Å². The number of aromatic hydroxyl groups is 2. The molecule has 7 heteroatoms. The number of nitrogens with zero attached hydrogens (tertiary/aromatic N) is 1. The van der Waals surface area contributed by atoms with Crippen LogP contribution in [0.2, 0.25) is 0 Å². The molecule has 3 aromatic carbocycles. The SMILES string of the molecule is COc1cc(C2(c3ccc(O)c(OC)c3)Cc3cc(-c4ccn[nH]4)cc2c3I)ccc1O. The van der Waals surface area contributed by atoms with Crippen LogP contribution in [0.3, 0.4) is 0 Å². The van der Waals surface area contributed by atoms with Gasteiger partial charge in [-0.2, -0.15) is 5.10 Å². The number of ether oxygens (including phenoxy) is 2. The fourth-order valence-electron chi connectivity index (χ4n) is 4.64. The number of fused-ring (bicyclic) bond motifs is 2. The molecule has 6 nitrogen and oxygen atoms in total. The van der Waals surface area contributed by atoms with E-state index in [0.717, 1.165) is 34.4 Å².